The number of ether oxygens (including phenoxy) is 1. The summed E-state index contributed by atoms with van der Waals surface area (Å²) in [5.41, 5.74) is 0. The van der Waals surface area contributed by atoms with Crippen LogP contribution in [0.5, 0.6) is 0 Å². The molecule has 0 radical (unpaired) electrons. The van der Waals surface area contributed by atoms with Crippen molar-refractivity contribution in [2.45, 2.75) is 41.5 Å². The van der Waals surface area contributed by atoms with Crippen LogP contribution in [0, 0.1) is 0 Å². The lowest BCUT2D eigenvalue weighted by atomic mass is 10.6. The second-order valence-electron chi connectivity index (χ2n) is 1.29. The zero-order chi connectivity index (χ0) is 9.70. The van der Waals surface area contributed by atoms with Crippen LogP contribution in [0.25, 0.3) is 0 Å². The lowest BCUT2D eigenvalue weighted by molar-refractivity contribution is 0.355. The summed E-state index contributed by atoms with van der Waals surface area (Å²) in [6.07, 6.45) is 3.41. The molecule has 0 aromatic carbocycles. The summed E-state index contributed by atoms with van der Waals surface area (Å²) in [5.74, 6) is 0.720. The topological polar surface area (TPSA) is 9.23 Å². The predicted molar refractivity (Wildman–Crippen MR) is 53.4 cm³/mol. The molecule has 1 nitrogen and oxygen atoms in total. The number of hydrogen-bond acceptors (Lipinski definition) is 1. The van der Waals surface area contributed by atoms with Gasteiger partial charge in [0.2, 0.25) is 0 Å². The molecule has 0 fully saturated rings. The van der Waals surface area contributed by atoms with Gasteiger partial charge in [-0.1, -0.05) is 40.3 Å². The van der Waals surface area contributed by atoms with Crippen LogP contribution < -0.4 is 0 Å². The molecule has 0 rings (SSSR count). The molecule has 0 aromatic rings. The zero-order valence-corrected chi connectivity index (χ0v) is 8.77. The summed E-state index contributed by atoms with van der Waals surface area (Å²) in [6, 6.07) is 0. The van der Waals surface area contributed by atoms with E-state index < -0.39 is 0 Å². The Balaban J connectivity index is -0.000000138. The molecule has 0 heterocycles. The van der Waals surface area contributed by atoms with Crippen LogP contribution in [0.15, 0.2) is 24.7 Å². The normalized spacial score (nSPS) is 7.09. The van der Waals surface area contributed by atoms with Crippen molar-refractivity contribution < 1.29 is 4.74 Å². The van der Waals surface area contributed by atoms with Crippen molar-refractivity contribution in [1.82, 2.24) is 0 Å². The summed E-state index contributed by atoms with van der Waals surface area (Å²) in [6.45, 7) is 15.2. The van der Waals surface area contributed by atoms with E-state index in [1.54, 1.807) is 13.2 Å². The van der Waals surface area contributed by atoms with E-state index in [1.807, 2.05) is 40.7 Å². The Morgan fingerprint density at radius 3 is 1.64 bits per heavy atom. The highest BCUT2D eigenvalue weighted by molar-refractivity contribution is 4.79. The van der Waals surface area contributed by atoms with Gasteiger partial charge in [0.05, 0.1) is 12.0 Å². The largest absolute Gasteiger partial charge is 0.471 e. The fourth-order valence-electron chi connectivity index (χ4n) is 0.184. The van der Waals surface area contributed by atoms with Gasteiger partial charge in [0.25, 0.3) is 0 Å². The molecule has 1 heteroatoms. The van der Waals surface area contributed by atoms with Crippen molar-refractivity contribution >= 4 is 0 Å². The summed E-state index contributed by atoms with van der Waals surface area (Å²) < 4.78 is 4.82. The first kappa shape index (κ1) is 16.7. The fraction of sp³-hybridized carbons (Fsp3) is 0.600. The molecule has 0 aliphatic rings. The van der Waals surface area contributed by atoms with Gasteiger partial charge in [-0.25, -0.2) is 0 Å². The van der Waals surface area contributed by atoms with Crippen LogP contribution in [0.2, 0.25) is 0 Å². The molecular formula is C10H22O. The smallest absolute Gasteiger partial charge is 0.0929 e. The summed E-state index contributed by atoms with van der Waals surface area (Å²) in [4.78, 5) is 0. The van der Waals surface area contributed by atoms with E-state index in [1.165, 1.54) is 0 Å². The number of rotatable bonds is 2. The number of allylic oxidation sites excluding steroid dienone is 2. The second kappa shape index (κ2) is 22.8. The number of hydrogen-bond donors (Lipinski definition) is 0. The van der Waals surface area contributed by atoms with Crippen LogP contribution in [-0.2, 0) is 4.74 Å². The summed E-state index contributed by atoms with van der Waals surface area (Å²) >= 11 is 0. The third-order valence-electron chi connectivity index (χ3n) is 0.405. The molecule has 0 saturated heterocycles. The van der Waals surface area contributed by atoms with E-state index in [-0.39, 0.29) is 0 Å². The van der Waals surface area contributed by atoms with Crippen LogP contribution in [-0.4, -0.2) is 0 Å². The van der Waals surface area contributed by atoms with Gasteiger partial charge in [0.1, 0.15) is 0 Å². The van der Waals surface area contributed by atoms with Gasteiger partial charge in [-0.3, -0.25) is 0 Å². The maximum Gasteiger partial charge on any atom is 0.0929 e. The molecule has 0 unspecified atom stereocenters. The highest BCUT2D eigenvalue weighted by Gasteiger charge is 1.71. The Kier molecular flexibility index (Phi) is 34.7. The standard InChI is InChI=1S/C6H10O.2C2H6/c1-4-5-7-6(2)3;2*1-2/h4-5H,2H2,1,3H3;2*1-2H3/b5-4-;;. The lowest BCUT2D eigenvalue weighted by Gasteiger charge is -1.91. The SMILES string of the molecule is C=C(C)O/C=C\C.CC.CC. The van der Waals surface area contributed by atoms with Crippen LogP contribution >= 0.6 is 0 Å². The molecule has 0 N–H and O–H groups in total. The molecule has 0 aliphatic carbocycles. The average Bonchev–Trinajstić information content (AvgIpc) is 2.08. The molecule has 11 heavy (non-hydrogen) atoms. The van der Waals surface area contributed by atoms with Gasteiger partial charge >= 0.3 is 0 Å². The third-order valence-corrected chi connectivity index (χ3v) is 0.405. The van der Waals surface area contributed by atoms with Crippen molar-refractivity contribution in [3.05, 3.63) is 24.7 Å². The maximum atomic E-state index is 4.82. The molecule has 0 spiro atoms. The van der Waals surface area contributed by atoms with Crippen molar-refractivity contribution in [1.29, 1.82) is 0 Å². The minimum absolute atomic E-state index is 0.720. The Labute approximate surface area is 71.8 Å². The van der Waals surface area contributed by atoms with Crippen molar-refractivity contribution in [2.24, 2.45) is 0 Å². The Hall–Kier alpha value is -0.720. The Morgan fingerprint density at radius 2 is 1.55 bits per heavy atom. The first-order valence-corrected chi connectivity index (χ1v) is 4.20. The molecular weight excluding hydrogens is 136 g/mol. The van der Waals surface area contributed by atoms with E-state index in [2.05, 4.69) is 6.58 Å². The van der Waals surface area contributed by atoms with Crippen LogP contribution in [0.1, 0.15) is 41.5 Å². The maximum absolute atomic E-state index is 4.82. The second-order valence-corrected chi connectivity index (χ2v) is 1.29. The molecule has 0 atom stereocenters. The Morgan fingerprint density at radius 1 is 1.18 bits per heavy atom. The molecule has 0 aliphatic heterocycles. The first-order valence-electron chi connectivity index (χ1n) is 4.20. The predicted octanol–water partition coefficient (Wildman–Crippen LogP) is 4.12. The van der Waals surface area contributed by atoms with Gasteiger partial charge in [0, 0.05) is 0 Å². The monoisotopic (exact) mass is 158 g/mol. The average molecular weight is 158 g/mol. The van der Waals surface area contributed by atoms with E-state index in [9.17, 15) is 0 Å². The summed E-state index contributed by atoms with van der Waals surface area (Å²) in [5, 5.41) is 0. The van der Waals surface area contributed by atoms with E-state index in [4.69, 9.17) is 4.74 Å². The van der Waals surface area contributed by atoms with Gasteiger partial charge in [0.15, 0.2) is 0 Å². The molecule has 68 valence electrons. The van der Waals surface area contributed by atoms with Gasteiger partial charge in [-0.15, -0.1) is 0 Å². The van der Waals surface area contributed by atoms with Crippen molar-refractivity contribution in [3.63, 3.8) is 0 Å². The molecule has 0 aromatic heterocycles. The first-order chi connectivity index (χ1) is 5.27. The minimum Gasteiger partial charge on any atom is -0.471 e. The van der Waals surface area contributed by atoms with Crippen LogP contribution in [0.3, 0.4) is 0 Å². The molecule has 0 amide bonds. The highest BCUT2D eigenvalue weighted by Crippen LogP contribution is 1.88. The van der Waals surface area contributed by atoms with E-state index in [0.717, 1.165) is 5.76 Å². The quantitative estimate of drug-likeness (QED) is 0.549. The van der Waals surface area contributed by atoms with Crippen molar-refractivity contribution in [3.8, 4) is 0 Å². The van der Waals surface area contributed by atoms with Gasteiger partial charge in [-0.05, 0) is 13.8 Å². The van der Waals surface area contributed by atoms with Gasteiger partial charge in [-0.2, -0.15) is 0 Å². The van der Waals surface area contributed by atoms with E-state index >= 15 is 0 Å². The van der Waals surface area contributed by atoms with Crippen molar-refractivity contribution in [2.75, 3.05) is 0 Å². The Bertz CT molecular complexity index is 82.9. The molecule has 0 bridgehead atoms. The third kappa shape index (κ3) is 45.7. The molecule has 0 saturated carbocycles. The lowest BCUT2D eigenvalue weighted by Crippen LogP contribution is -1.70. The highest BCUT2D eigenvalue weighted by atomic mass is 16.5. The van der Waals surface area contributed by atoms with Gasteiger partial charge < -0.3 is 4.74 Å². The zero-order valence-electron chi connectivity index (χ0n) is 8.77. The minimum atomic E-state index is 0.720. The van der Waals surface area contributed by atoms with Crippen LogP contribution in [0.4, 0.5) is 0 Å². The van der Waals surface area contributed by atoms with E-state index in [0.29, 0.717) is 0 Å². The summed E-state index contributed by atoms with van der Waals surface area (Å²) in [7, 11) is 0. The fourth-order valence-corrected chi connectivity index (χ4v) is 0.184.